The number of hydrogen-bond donors (Lipinski definition) is 3. The predicted octanol–water partition coefficient (Wildman–Crippen LogP) is 5.34. The van der Waals surface area contributed by atoms with Gasteiger partial charge in [-0.15, -0.1) is 0 Å². The lowest BCUT2D eigenvalue weighted by molar-refractivity contribution is -0.117. The number of amides is 1. The molecule has 3 aromatic rings. The second-order valence-corrected chi connectivity index (χ2v) is 9.77. The van der Waals surface area contributed by atoms with Crippen molar-refractivity contribution < 1.29 is 14.6 Å². The minimum Gasteiger partial charge on any atom is -0.456 e. The summed E-state index contributed by atoms with van der Waals surface area (Å²) in [5.41, 5.74) is 3.18. The van der Waals surface area contributed by atoms with Crippen LogP contribution in [0, 0.1) is 0 Å². The molecule has 1 aliphatic heterocycles. The molecule has 1 fully saturated rings. The monoisotopic (exact) mass is 482 g/mol. The second-order valence-electron chi connectivity index (χ2n) is 9.77. The third-order valence-corrected chi connectivity index (χ3v) is 7.16. The molecule has 0 radical (unpaired) electrons. The van der Waals surface area contributed by atoms with Gasteiger partial charge in [-0.25, -0.2) is 0 Å². The van der Waals surface area contributed by atoms with E-state index in [1.165, 1.54) is 19.3 Å². The number of nitrogens with one attached hydrogen (secondary N) is 2. The molecule has 0 aromatic heterocycles. The first kappa shape index (κ1) is 24.3. The number of carbonyl (C=O) groups is 1. The molecule has 2 atom stereocenters. The molecule has 5 nitrogen and oxygen atoms in total. The lowest BCUT2D eigenvalue weighted by Crippen LogP contribution is -2.50. The van der Waals surface area contributed by atoms with Gasteiger partial charge in [0.05, 0.1) is 17.7 Å². The summed E-state index contributed by atoms with van der Waals surface area (Å²) in [6.07, 6.45) is 7.74. The average molecular weight is 483 g/mol. The molecular formula is C31H34N2O3. The number of aliphatic hydroxyl groups is 1. The van der Waals surface area contributed by atoms with Crippen molar-refractivity contribution in [1.82, 2.24) is 10.6 Å². The maximum atomic E-state index is 13.8. The summed E-state index contributed by atoms with van der Waals surface area (Å²) < 4.78 is 6.15. The molecule has 1 heterocycles. The Hall–Kier alpha value is -3.41. The van der Waals surface area contributed by atoms with Crippen LogP contribution in [0.3, 0.4) is 0 Å². The van der Waals surface area contributed by atoms with E-state index >= 15 is 0 Å². The van der Waals surface area contributed by atoms with Crippen molar-refractivity contribution >= 4 is 17.6 Å². The van der Waals surface area contributed by atoms with Crippen molar-refractivity contribution in [1.29, 1.82) is 0 Å². The molecule has 5 rings (SSSR count). The number of hydrogen-bond acceptors (Lipinski definition) is 4. The molecule has 186 valence electrons. The van der Waals surface area contributed by atoms with E-state index in [0.717, 1.165) is 29.5 Å². The molecule has 36 heavy (non-hydrogen) atoms. The highest BCUT2D eigenvalue weighted by Gasteiger charge is 2.27. The molecular weight excluding hydrogens is 448 g/mol. The Bertz CT molecular complexity index is 1200. The quantitative estimate of drug-likeness (QED) is 0.405. The third kappa shape index (κ3) is 5.86. The minimum absolute atomic E-state index is 0.222. The zero-order valence-electron chi connectivity index (χ0n) is 20.5. The molecule has 2 aliphatic rings. The maximum Gasteiger partial charge on any atom is 0.252 e. The third-order valence-electron chi connectivity index (χ3n) is 7.16. The first-order valence-corrected chi connectivity index (χ1v) is 13.0. The van der Waals surface area contributed by atoms with Crippen molar-refractivity contribution in [2.75, 3.05) is 6.54 Å². The Morgan fingerprint density at radius 2 is 1.58 bits per heavy atom. The number of carbonyl (C=O) groups excluding carboxylic acids is 1. The molecule has 5 heteroatoms. The van der Waals surface area contributed by atoms with Crippen molar-refractivity contribution in [3.05, 3.63) is 95.6 Å². The molecule has 3 N–H and O–H groups in total. The van der Waals surface area contributed by atoms with Gasteiger partial charge in [-0.1, -0.05) is 86.0 Å². The highest BCUT2D eigenvalue weighted by Crippen LogP contribution is 2.37. The fourth-order valence-electron chi connectivity index (χ4n) is 5.14. The van der Waals surface area contributed by atoms with Crippen molar-refractivity contribution in [3.8, 4) is 11.5 Å². The van der Waals surface area contributed by atoms with Crippen LogP contribution < -0.4 is 15.4 Å². The van der Waals surface area contributed by atoms with Gasteiger partial charge in [-0.3, -0.25) is 4.79 Å². The van der Waals surface area contributed by atoms with Crippen LogP contribution in [-0.4, -0.2) is 35.7 Å². The van der Waals surface area contributed by atoms with E-state index in [0.29, 0.717) is 36.1 Å². The first-order chi connectivity index (χ1) is 17.7. The zero-order chi connectivity index (χ0) is 24.7. The molecule has 0 bridgehead atoms. The molecule has 3 aromatic carbocycles. The SMILES string of the molecule is O=C(N[C@@H](Cc1ccccc1)[C@H](O)CNC1CCCCC1)C1=Cc2ccccc2Oc2ccccc21. The van der Waals surface area contributed by atoms with E-state index in [1.54, 1.807) is 0 Å². The van der Waals surface area contributed by atoms with Crippen molar-refractivity contribution in [2.45, 2.75) is 56.7 Å². The molecule has 0 unspecified atom stereocenters. The summed E-state index contributed by atoms with van der Waals surface area (Å²) in [5, 5.41) is 17.9. The highest BCUT2D eigenvalue weighted by atomic mass is 16.5. The standard InChI is InChI=1S/C31H34N2O3/c34-28(21-32-24-14-5-2-6-15-24)27(19-22-11-3-1-4-12-22)33-31(35)26-20-23-13-7-9-17-29(23)36-30-18-10-8-16-25(26)30/h1,3-4,7-13,16-18,20,24,27-28,32,34H,2,5-6,14-15,19,21H2,(H,33,35)/t27-,28+/m0/s1. The largest absolute Gasteiger partial charge is 0.456 e. The summed E-state index contributed by atoms with van der Waals surface area (Å²) in [6.45, 7) is 0.448. The lowest BCUT2D eigenvalue weighted by Gasteiger charge is -2.29. The van der Waals surface area contributed by atoms with Crippen molar-refractivity contribution in [3.63, 3.8) is 0 Å². The van der Waals surface area contributed by atoms with E-state index in [4.69, 9.17) is 4.74 Å². The maximum absolute atomic E-state index is 13.8. The Balaban J connectivity index is 1.39. The molecule has 0 saturated heterocycles. The van der Waals surface area contributed by atoms with E-state index in [-0.39, 0.29) is 5.91 Å². The van der Waals surface area contributed by atoms with Crippen LogP contribution in [0.5, 0.6) is 11.5 Å². The second kappa shape index (κ2) is 11.5. The number of benzene rings is 3. The molecule has 0 spiro atoms. The van der Waals surface area contributed by atoms with Crippen LogP contribution in [0.4, 0.5) is 0 Å². The topological polar surface area (TPSA) is 70.6 Å². The van der Waals surface area contributed by atoms with Crippen LogP contribution in [0.15, 0.2) is 78.9 Å². The smallest absolute Gasteiger partial charge is 0.252 e. The normalized spacial score (nSPS) is 17.0. The number of fused-ring (bicyclic) bond motifs is 2. The van der Waals surface area contributed by atoms with Gasteiger partial charge in [0.1, 0.15) is 11.5 Å². The van der Waals surface area contributed by atoms with Gasteiger partial charge in [-0.05, 0) is 43.0 Å². The Labute approximate surface area is 213 Å². The van der Waals surface area contributed by atoms with Gasteiger partial charge >= 0.3 is 0 Å². The Morgan fingerprint density at radius 3 is 2.39 bits per heavy atom. The fraction of sp³-hybridized carbons (Fsp3) is 0.323. The van der Waals surface area contributed by atoms with Crippen LogP contribution in [0.1, 0.15) is 48.8 Å². The van der Waals surface area contributed by atoms with Gasteiger partial charge < -0.3 is 20.5 Å². The first-order valence-electron chi connectivity index (χ1n) is 13.0. The summed E-state index contributed by atoms with van der Waals surface area (Å²) in [4.78, 5) is 13.8. The van der Waals surface area contributed by atoms with Gasteiger partial charge in [0.25, 0.3) is 5.91 Å². The van der Waals surface area contributed by atoms with Crippen molar-refractivity contribution in [2.24, 2.45) is 0 Å². The highest BCUT2D eigenvalue weighted by molar-refractivity contribution is 6.25. The van der Waals surface area contributed by atoms with E-state index in [2.05, 4.69) is 10.6 Å². The fourth-order valence-corrected chi connectivity index (χ4v) is 5.14. The minimum atomic E-state index is -0.721. The zero-order valence-corrected chi connectivity index (χ0v) is 20.5. The summed E-state index contributed by atoms with van der Waals surface area (Å²) in [6, 6.07) is 25.3. The average Bonchev–Trinajstić information content (AvgIpc) is 3.09. The number of ether oxygens (including phenoxy) is 1. The Morgan fingerprint density at radius 1 is 0.889 bits per heavy atom. The number of rotatable bonds is 8. The van der Waals surface area contributed by atoms with Gasteiger partial charge in [0, 0.05) is 23.7 Å². The predicted molar refractivity (Wildman–Crippen MR) is 144 cm³/mol. The van der Waals surface area contributed by atoms with E-state index in [1.807, 2.05) is 84.9 Å². The summed E-state index contributed by atoms with van der Waals surface area (Å²) >= 11 is 0. The van der Waals surface area contributed by atoms with Crippen LogP contribution in [0.25, 0.3) is 11.6 Å². The van der Waals surface area contributed by atoms with Crippen LogP contribution in [0.2, 0.25) is 0 Å². The van der Waals surface area contributed by atoms with Gasteiger partial charge in [0.2, 0.25) is 0 Å². The van der Waals surface area contributed by atoms with Crippen LogP contribution in [-0.2, 0) is 11.2 Å². The molecule has 1 amide bonds. The summed E-state index contributed by atoms with van der Waals surface area (Å²) in [7, 11) is 0. The molecule has 1 aliphatic carbocycles. The van der Waals surface area contributed by atoms with Gasteiger partial charge in [0.15, 0.2) is 0 Å². The van der Waals surface area contributed by atoms with E-state index < -0.39 is 12.1 Å². The van der Waals surface area contributed by atoms with Gasteiger partial charge in [-0.2, -0.15) is 0 Å². The Kier molecular flexibility index (Phi) is 7.79. The number of para-hydroxylation sites is 2. The lowest BCUT2D eigenvalue weighted by atomic mass is 9.94. The summed E-state index contributed by atoms with van der Waals surface area (Å²) in [5.74, 6) is 1.13. The molecule has 1 saturated carbocycles. The van der Waals surface area contributed by atoms with E-state index in [9.17, 15) is 9.90 Å². The number of aliphatic hydroxyl groups excluding tert-OH is 1. The van der Waals surface area contributed by atoms with Crippen LogP contribution >= 0.6 is 0 Å².